The van der Waals surface area contributed by atoms with E-state index < -0.39 is 0 Å². The molecule has 1 saturated heterocycles. The first-order valence-electron chi connectivity index (χ1n) is 10.6. The Bertz CT molecular complexity index is 891. The molecular formula is C22H32N6O. The van der Waals surface area contributed by atoms with Gasteiger partial charge < -0.3 is 9.88 Å². The fourth-order valence-corrected chi connectivity index (χ4v) is 4.50. The van der Waals surface area contributed by atoms with E-state index in [1.807, 2.05) is 4.57 Å². The van der Waals surface area contributed by atoms with E-state index in [2.05, 4.69) is 77.4 Å². The largest absolute Gasteiger partial charge is 0.349 e. The van der Waals surface area contributed by atoms with Crippen molar-refractivity contribution < 1.29 is 4.79 Å². The third kappa shape index (κ3) is 3.94. The van der Waals surface area contributed by atoms with Crippen molar-refractivity contribution >= 4 is 5.91 Å². The molecule has 2 aliphatic heterocycles. The Morgan fingerprint density at radius 2 is 2.03 bits per heavy atom. The van der Waals surface area contributed by atoms with Crippen LogP contribution in [0.4, 0.5) is 0 Å². The minimum atomic E-state index is -0.119. The molecule has 4 rings (SSSR count). The quantitative estimate of drug-likeness (QED) is 0.838. The first kappa shape index (κ1) is 20.0. The highest BCUT2D eigenvalue weighted by molar-refractivity contribution is 5.90. The lowest BCUT2D eigenvalue weighted by Gasteiger charge is -2.42. The van der Waals surface area contributed by atoms with Gasteiger partial charge in [0, 0.05) is 32.7 Å². The van der Waals surface area contributed by atoms with Crippen LogP contribution >= 0.6 is 0 Å². The van der Waals surface area contributed by atoms with Crippen molar-refractivity contribution in [3.05, 3.63) is 47.0 Å². The van der Waals surface area contributed by atoms with Crippen molar-refractivity contribution in [2.45, 2.75) is 52.4 Å². The van der Waals surface area contributed by atoms with Crippen LogP contribution in [0.1, 0.15) is 47.8 Å². The van der Waals surface area contributed by atoms with E-state index in [4.69, 9.17) is 0 Å². The molecule has 0 aliphatic carbocycles. The summed E-state index contributed by atoms with van der Waals surface area (Å²) in [5.74, 6) is 1.62. The van der Waals surface area contributed by atoms with Gasteiger partial charge in [-0.25, -0.2) is 0 Å². The molecule has 7 heteroatoms. The number of rotatable bonds is 5. The SMILES string of the molecule is Cc1ccccc1CN1CC[C@@]2(C1)Cn1c(nnc1C(=O)NCC(C)C)CN2C. The zero-order chi connectivity index (χ0) is 20.6. The maximum Gasteiger partial charge on any atom is 0.289 e. The Kier molecular flexibility index (Phi) is 5.44. The van der Waals surface area contributed by atoms with Crippen LogP contribution in [-0.2, 0) is 19.6 Å². The molecule has 0 bridgehead atoms. The molecule has 1 amide bonds. The summed E-state index contributed by atoms with van der Waals surface area (Å²) < 4.78 is 2.05. The number of hydrogen-bond acceptors (Lipinski definition) is 5. The smallest absolute Gasteiger partial charge is 0.289 e. The molecule has 1 atom stereocenters. The highest BCUT2D eigenvalue weighted by Gasteiger charge is 2.46. The number of amides is 1. The lowest BCUT2D eigenvalue weighted by Crippen LogP contribution is -2.55. The number of carbonyl (C=O) groups excluding carboxylic acids is 1. The summed E-state index contributed by atoms with van der Waals surface area (Å²) in [4.78, 5) is 17.6. The van der Waals surface area contributed by atoms with Crippen LogP contribution in [0.3, 0.4) is 0 Å². The zero-order valence-corrected chi connectivity index (χ0v) is 18.0. The average Bonchev–Trinajstić information content (AvgIpc) is 3.27. The molecule has 29 heavy (non-hydrogen) atoms. The zero-order valence-electron chi connectivity index (χ0n) is 18.0. The Balaban J connectivity index is 1.50. The second-order valence-corrected chi connectivity index (χ2v) is 9.10. The molecule has 3 heterocycles. The third-order valence-corrected chi connectivity index (χ3v) is 6.41. The van der Waals surface area contributed by atoms with Crippen LogP contribution in [0.2, 0.25) is 0 Å². The molecular weight excluding hydrogens is 364 g/mol. The van der Waals surface area contributed by atoms with E-state index in [1.165, 1.54) is 11.1 Å². The standard InChI is InChI=1S/C22H32N6O/c1-16(2)11-23-21(29)20-25-24-19-13-26(4)22(15-28(19)20)9-10-27(14-22)12-18-8-6-5-7-17(18)3/h5-8,16H,9-15H2,1-4H3,(H,23,29)/t22-/m1/s1. The number of nitrogens with zero attached hydrogens (tertiary/aromatic N) is 5. The predicted octanol–water partition coefficient (Wildman–Crippen LogP) is 2.06. The number of nitrogens with one attached hydrogen (secondary N) is 1. The molecule has 1 N–H and O–H groups in total. The fourth-order valence-electron chi connectivity index (χ4n) is 4.50. The number of aromatic nitrogens is 3. The summed E-state index contributed by atoms with van der Waals surface area (Å²) in [6, 6.07) is 8.62. The second-order valence-electron chi connectivity index (χ2n) is 9.10. The average molecular weight is 397 g/mol. The molecule has 0 unspecified atom stereocenters. The molecule has 1 aromatic heterocycles. The summed E-state index contributed by atoms with van der Waals surface area (Å²) in [5, 5.41) is 11.5. The van der Waals surface area contributed by atoms with E-state index in [1.54, 1.807) is 0 Å². The van der Waals surface area contributed by atoms with E-state index in [0.717, 1.165) is 45.0 Å². The normalized spacial score (nSPS) is 22.4. The summed E-state index contributed by atoms with van der Waals surface area (Å²) in [6.07, 6.45) is 1.08. The van der Waals surface area contributed by atoms with Crippen molar-refractivity contribution in [3.63, 3.8) is 0 Å². The van der Waals surface area contributed by atoms with Crippen molar-refractivity contribution in [1.29, 1.82) is 0 Å². The van der Waals surface area contributed by atoms with Crippen LogP contribution in [0.15, 0.2) is 24.3 Å². The van der Waals surface area contributed by atoms with Gasteiger partial charge in [0.1, 0.15) is 5.82 Å². The number of carbonyl (C=O) groups is 1. The molecule has 1 fully saturated rings. The molecule has 0 saturated carbocycles. The van der Waals surface area contributed by atoms with Crippen LogP contribution in [0.5, 0.6) is 0 Å². The van der Waals surface area contributed by atoms with Gasteiger partial charge >= 0.3 is 0 Å². The first-order valence-corrected chi connectivity index (χ1v) is 10.6. The monoisotopic (exact) mass is 396 g/mol. The molecule has 2 aliphatic rings. The van der Waals surface area contributed by atoms with Gasteiger partial charge in [-0.2, -0.15) is 0 Å². The number of likely N-dealkylation sites (tertiary alicyclic amines) is 1. The Hall–Kier alpha value is -2.25. The summed E-state index contributed by atoms with van der Waals surface area (Å²) in [6.45, 7) is 11.5. The molecule has 0 radical (unpaired) electrons. The lowest BCUT2D eigenvalue weighted by molar-refractivity contribution is 0.0648. The minimum absolute atomic E-state index is 0.0190. The van der Waals surface area contributed by atoms with Gasteiger partial charge in [0.25, 0.3) is 5.91 Å². The van der Waals surface area contributed by atoms with Crippen LogP contribution < -0.4 is 5.32 Å². The van der Waals surface area contributed by atoms with Crippen molar-refractivity contribution in [3.8, 4) is 0 Å². The first-order chi connectivity index (χ1) is 13.9. The van der Waals surface area contributed by atoms with E-state index >= 15 is 0 Å². The number of hydrogen-bond donors (Lipinski definition) is 1. The van der Waals surface area contributed by atoms with Crippen LogP contribution in [0.25, 0.3) is 0 Å². The Labute approximate surface area is 173 Å². The van der Waals surface area contributed by atoms with E-state index in [0.29, 0.717) is 18.3 Å². The number of aryl methyl sites for hydroxylation is 1. The minimum Gasteiger partial charge on any atom is -0.349 e. The number of benzene rings is 1. The maximum atomic E-state index is 12.7. The molecule has 156 valence electrons. The molecule has 1 aromatic carbocycles. The summed E-state index contributed by atoms with van der Waals surface area (Å²) in [7, 11) is 2.17. The van der Waals surface area contributed by atoms with Gasteiger partial charge in [0.2, 0.25) is 5.82 Å². The Morgan fingerprint density at radius 3 is 2.79 bits per heavy atom. The fraction of sp³-hybridized carbons (Fsp3) is 0.591. The van der Waals surface area contributed by atoms with Gasteiger partial charge in [-0.05, 0) is 37.4 Å². The van der Waals surface area contributed by atoms with Crippen molar-refractivity contribution in [1.82, 2.24) is 29.9 Å². The number of likely N-dealkylation sites (N-methyl/N-ethyl adjacent to an activating group) is 1. The lowest BCUT2D eigenvalue weighted by atomic mass is 9.94. The molecule has 2 aromatic rings. The predicted molar refractivity (Wildman–Crippen MR) is 112 cm³/mol. The van der Waals surface area contributed by atoms with Gasteiger partial charge in [-0.3, -0.25) is 14.6 Å². The van der Waals surface area contributed by atoms with Crippen LogP contribution in [0, 0.1) is 12.8 Å². The number of fused-ring (bicyclic) bond motifs is 1. The highest BCUT2D eigenvalue weighted by atomic mass is 16.2. The summed E-state index contributed by atoms with van der Waals surface area (Å²) >= 11 is 0. The van der Waals surface area contributed by atoms with E-state index in [-0.39, 0.29) is 11.4 Å². The summed E-state index contributed by atoms with van der Waals surface area (Å²) in [5.41, 5.74) is 2.75. The topological polar surface area (TPSA) is 66.3 Å². The molecule has 1 spiro atoms. The maximum absolute atomic E-state index is 12.7. The van der Waals surface area contributed by atoms with E-state index in [9.17, 15) is 4.79 Å². The van der Waals surface area contributed by atoms with Crippen molar-refractivity contribution in [2.75, 3.05) is 26.7 Å². The van der Waals surface area contributed by atoms with Gasteiger partial charge in [0.05, 0.1) is 12.1 Å². The third-order valence-electron chi connectivity index (χ3n) is 6.41. The van der Waals surface area contributed by atoms with Gasteiger partial charge in [-0.1, -0.05) is 38.1 Å². The Morgan fingerprint density at radius 1 is 1.24 bits per heavy atom. The van der Waals surface area contributed by atoms with Crippen molar-refractivity contribution in [2.24, 2.45) is 5.92 Å². The molecule has 7 nitrogen and oxygen atoms in total. The van der Waals surface area contributed by atoms with Crippen LogP contribution in [-0.4, -0.2) is 62.7 Å². The van der Waals surface area contributed by atoms with Gasteiger partial charge in [-0.15, -0.1) is 10.2 Å². The second kappa shape index (κ2) is 7.88. The van der Waals surface area contributed by atoms with Gasteiger partial charge in [0.15, 0.2) is 0 Å². The highest BCUT2D eigenvalue weighted by Crippen LogP contribution is 2.34.